The standard InChI is InChI=1S/C8H18O2.C7H8O3S/c1-2-3-4-5-7-10-8-6-9;1-6-2-4-7(5-3-6)11(8,9)10/h9H,2-8H2,1H3;2-5H,1H3,(H,8,9,10). The molecule has 0 radical (unpaired) electrons. The first-order chi connectivity index (χ1) is 9.91. The molecule has 0 aliphatic carbocycles. The van der Waals surface area contributed by atoms with Gasteiger partial charge in [0.1, 0.15) is 0 Å². The zero-order chi connectivity index (χ0) is 16.1. The predicted octanol–water partition coefficient (Wildman–Crippen LogP) is 2.82. The highest BCUT2D eigenvalue weighted by Gasteiger charge is 2.06. The van der Waals surface area contributed by atoms with Crippen molar-refractivity contribution in [3.05, 3.63) is 29.8 Å². The summed E-state index contributed by atoms with van der Waals surface area (Å²) in [5, 5.41) is 8.34. The highest BCUT2D eigenvalue weighted by molar-refractivity contribution is 7.85. The Morgan fingerprint density at radius 3 is 2.14 bits per heavy atom. The lowest BCUT2D eigenvalue weighted by atomic mass is 10.2. The smallest absolute Gasteiger partial charge is 0.294 e. The summed E-state index contributed by atoms with van der Waals surface area (Å²) in [7, 11) is -4.02. The maximum Gasteiger partial charge on any atom is 0.294 e. The fourth-order valence-electron chi connectivity index (χ4n) is 1.51. The molecule has 0 fully saturated rings. The Balaban J connectivity index is 0.000000384. The lowest BCUT2D eigenvalue weighted by Crippen LogP contribution is -2.00. The van der Waals surface area contributed by atoms with Gasteiger partial charge in [-0.2, -0.15) is 8.42 Å². The van der Waals surface area contributed by atoms with Crippen molar-refractivity contribution in [2.45, 2.75) is 44.4 Å². The van der Waals surface area contributed by atoms with Crippen LogP contribution in [0.15, 0.2) is 29.2 Å². The Labute approximate surface area is 127 Å². The molecule has 5 nitrogen and oxygen atoms in total. The molecule has 0 spiro atoms. The summed E-state index contributed by atoms with van der Waals surface area (Å²) in [6.45, 7) is 5.48. The molecule has 1 rings (SSSR count). The molecule has 1 aromatic rings. The number of aliphatic hydroxyl groups excluding tert-OH is 1. The number of benzene rings is 1. The van der Waals surface area contributed by atoms with E-state index >= 15 is 0 Å². The molecule has 0 aromatic heterocycles. The van der Waals surface area contributed by atoms with Crippen LogP contribution in [-0.2, 0) is 14.9 Å². The van der Waals surface area contributed by atoms with Gasteiger partial charge in [-0.1, -0.05) is 43.9 Å². The Bertz CT molecular complexity index is 445. The molecule has 0 heterocycles. The largest absolute Gasteiger partial charge is 0.394 e. The molecule has 6 heteroatoms. The van der Waals surface area contributed by atoms with Crippen molar-refractivity contribution >= 4 is 10.1 Å². The van der Waals surface area contributed by atoms with Crippen LogP contribution in [-0.4, -0.2) is 37.9 Å². The van der Waals surface area contributed by atoms with Crippen LogP contribution in [0.25, 0.3) is 0 Å². The first-order valence-corrected chi connectivity index (χ1v) is 8.58. The lowest BCUT2D eigenvalue weighted by molar-refractivity contribution is 0.0896. The van der Waals surface area contributed by atoms with Gasteiger partial charge < -0.3 is 9.84 Å². The summed E-state index contributed by atoms with van der Waals surface area (Å²) in [5.74, 6) is 0. The molecular weight excluding hydrogens is 292 g/mol. The van der Waals surface area contributed by atoms with E-state index in [9.17, 15) is 8.42 Å². The molecule has 2 N–H and O–H groups in total. The normalized spacial score (nSPS) is 10.9. The number of ether oxygens (including phenoxy) is 1. The van der Waals surface area contributed by atoms with Gasteiger partial charge in [0.15, 0.2) is 0 Å². The minimum atomic E-state index is -4.02. The van der Waals surface area contributed by atoms with Gasteiger partial charge in [0.2, 0.25) is 0 Å². The first kappa shape index (κ1) is 20.1. The Kier molecular flexibility index (Phi) is 11.2. The summed E-state index contributed by atoms with van der Waals surface area (Å²) >= 11 is 0. The maximum absolute atomic E-state index is 10.5. The molecule has 0 saturated heterocycles. The van der Waals surface area contributed by atoms with Crippen molar-refractivity contribution in [2.75, 3.05) is 19.8 Å². The number of rotatable bonds is 8. The first-order valence-electron chi connectivity index (χ1n) is 7.14. The van der Waals surface area contributed by atoms with E-state index < -0.39 is 10.1 Å². The summed E-state index contributed by atoms with van der Waals surface area (Å²) in [5.41, 5.74) is 0.956. The topological polar surface area (TPSA) is 83.8 Å². The van der Waals surface area contributed by atoms with E-state index in [-0.39, 0.29) is 11.5 Å². The minimum Gasteiger partial charge on any atom is -0.394 e. The summed E-state index contributed by atoms with van der Waals surface area (Å²) < 4.78 is 34.6. The number of hydrogen-bond donors (Lipinski definition) is 2. The van der Waals surface area contributed by atoms with Crippen LogP contribution in [0.4, 0.5) is 0 Å². The van der Waals surface area contributed by atoms with E-state index in [1.165, 1.54) is 31.4 Å². The lowest BCUT2D eigenvalue weighted by Gasteiger charge is -2.00. The van der Waals surface area contributed by atoms with Gasteiger partial charge in [-0.15, -0.1) is 0 Å². The third-order valence-electron chi connectivity index (χ3n) is 2.70. The van der Waals surface area contributed by atoms with Crippen LogP contribution in [0.2, 0.25) is 0 Å². The van der Waals surface area contributed by atoms with E-state index in [0.29, 0.717) is 6.61 Å². The number of aliphatic hydroxyl groups is 1. The third-order valence-corrected chi connectivity index (χ3v) is 3.56. The molecule has 0 unspecified atom stereocenters. The summed E-state index contributed by atoms with van der Waals surface area (Å²) in [6, 6.07) is 5.99. The molecule has 0 aliphatic heterocycles. The van der Waals surface area contributed by atoms with Crippen LogP contribution in [0.3, 0.4) is 0 Å². The predicted molar refractivity (Wildman–Crippen MR) is 83.0 cm³/mol. The fraction of sp³-hybridized carbons (Fsp3) is 0.600. The van der Waals surface area contributed by atoms with Crippen molar-refractivity contribution in [2.24, 2.45) is 0 Å². The number of unbranched alkanes of at least 4 members (excludes halogenated alkanes) is 3. The Morgan fingerprint density at radius 1 is 1.05 bits per heavy atom. The molecule has 0 saturated carbocycles. The molecule has 21 heavy (non-hydrogen) atoms. The minimum absolute atomic E-state index is 0.0666. The molecular formula is C15H26O5S. The molecule has 0 bridgehead atoms. The summed E-state index contributed by atoms with van der Waals surface area (Å²) in [6.07, 6.45) is 4.94. The van der Waals surface area contributed by atoms with E-state index in [1.807, 2.05) is 6.92 Å². The summed E-state index contributed by atoms with van der Waals surface area (Å²) in [4.78, 5) is -0.0666. The molecule has 0 amide bonds. The monoisotopic (exact) mass is 318 g/mol. The van der Waals surface area contributed by atoms with Crippen molar-refractivity contribution in [3.8, 4) is 0 Å². The van der Waals surface area contributed by atoms with Crippen LogP contribution in [0.1, 0.15) is 38.2 Å². The van der Waals surface area contributed by atoms with Crippen LogP contribution in [0, 0.1) is 6.92 Å². The fourth-order valence-corrected chi connectivity index (χ4v) is 1.99. The second-order valence-corrected chi connectivity index (χ2v) is 6.11. The Hall–Kier alpha value is -0.950. The van der Waals surface area contributed by atoms with Crippen molar-refractivity contribution < 1.29 is 22.8 Å². The van der Waals surface area contributed by atoms with Gasteiger partial charge in [-0.05, 0) is 25.5 Å². The van der Waals surface area contributed by atoms with E-state index in [2.05, 4.69) is 6.92 Å². The van der Waals surface area contributed by atoms with Gasteiger partial charge in [0.05, 0.1) is 18.1 Å². The average Bonchev–Trinajstić information content (AvgIpc) is 2.43. The quantitative estimate of drug-likeness (QED) is 0.569. The van der Waals surface area contributed by atoms with E-state index in [4.69, 9.17) is 14.4 Å². The van der Waals surface area contributed by atoms with Crippen molar-refractivity contribution in [1.82, 2.24) is 0 Å². The van der Waals surface area contributed by atoms with Gasteiger partial charge >= 0.3 is 0 Å². The molecule has 122 valence electrons. The zero-order valence-electron chi connectivity index (χ0n) is 12.8. The van der Waals surface area contributed by atoms with E-state index in [1.54, 1.807) is 12.1 Å². The van der Waals surface area contributed by atoms with E-state index in [0.717, 1.165) is 18.6 Å². The SMILES string of the molecule is CCCCCCOCCO.Cc1ccc(S(=O)(=O)O)cc1. The van der Waals surface area contributed by atoms with Gasteiger partial charge in [-0.3, -0.25) is 4.55 Å². The zero-order valence-corrected chi connectivity index (χ0v) is 13.6. The number of aryl methyl sites for hydroxylation is 1. The maximum atomic E-state index is 10.5. The molecule has 0 atom stereocenters. The third kappa shape index (κ3) is 11.4. The average molecular weight is 318 g/mol. The van der Waals surface area contributed by atoms with Crippen LogP contribution >= 0.6 is 0 Å². The van der Waals surface area contributed by atoms with Gasteiger partial charge in [-0.25, -0.2) is 0 Å². The molecule has 1 aromatic carbocycles. The van der Waals surface area contributed by atoms with Gasteiger partial charge in [0, 0.05) is 6.61 Å². The van der Waals surface area contributed by atoms with Gasteiger partial charge in [0.25, 0.3) is 10.1 Å². The van der Waals surface area contributed by atoms with Crippen LogP contribution < -0.4 is 0 Å². The second-order valence-electron chi connectivity index (χ2n) is 4.68. The molecule has 0 aliphatic rings. The van der Waals surface area contributed by atoms with Crippen molar-refractivity contribution in [1.29, 1.82) is 0 Å². The number of hydrogen-bond acceptors (Lipinski definition) is 4. The second kappa shape index (κ2) is 11.7. The Morgan fingerprint density at radius 2 is 1.67 bits per heavy atom. The highest BCUT2D eigenvalue weighted by Crippen LogP contribution is 2.08. The van der Waals surface area contributed by atoms with Crippen molar-refractivity contribution in [3.63, 3.8) is 0 Å². The highest BCUT2D eigenvalue weighted by atomic mass is 32.2. The van der Waals surface area contributed by atoms with Crippen LogP contribution in [0.5, 0.6) is 0 Å².